The van der Waals surface area contributed by atoms with Gasteiger partial charge in [-0.1, -0.05) is 46.3 Å². The summed E-state index contributed by atoms with van der Waals surface area (Å²) in [4.78, 5) is 11.1. The van der Waals surface area contributed by atoms with Crippen LogP contribution in [0.25, 0.3) is 10.8 Å². The number of carbonyl (C=O) groups is 1. The highest BCUT2D eigenvalue weighted by molar-refractivity contribution is 9.10. The van der Waals surface area contributed by atoms with Gasteiger partial charge in [0, 0.05) is 10.9 Å². The van der Waals surface area contributed by atoms with Gasteiger partial charge >= 0.3 is 5.97 Å². The summed E-state index contributed by atoms with van der Waals surface area (Å²) in [6, 6.07) is 11.4. The highest BCUT2D eigenvalue weighted by atomic mass is 79.9. The first-order valence-corrected chi connectivity index (χ1v) is 6.49. The van der Waals surface area contributed by atoms with Gasteiger partial charge in [-0.05, 0) is 29.4 Å². The molecule has 0 radical (unpaired) electrons. The molecule has 0 aliphatic carbocycles. The molecule has 0 heterocycles. The Kier molecular flexibility index (Phi) is 3.99. The first-order chi connectivity index (χ1) is 8.63. The molecule has 0 spiro atoms. The number of hydrogen-bond acceptors (Lipinski definition) is 2. The van der Waals surface area contributed by atoms with Gasteiger partial charge in [-0.15, -0.1) is 0 Å². The van der Waals surface area contributed by atoms with Crippen LogP contribution >= 0.6 is 15.9 Å². The number of fused-ring (bicyclic) bond motifs is 1. The van der Waals surface area contributed by atoms with Crippen LogP contribution in [-0.2, 0) is 11.2 Å². The van der Waals surface area contributed by atoms with Crippen LogP contribution in [0, 0.1) is 0 Å². The summed E-state index contributed by atoms with van der Waals surface area (Å²) in [6.07, 6.45) is 0.452. The molecule has 0 aliphatic rings. The Hall–Kier alpha value is -1.39. The van der Waals surface area contributed by atoms with E-state index in [0.29, 0.717) is 6.42 Å². The van der Waals surface area contributed by atoms with Crippen molar-refractivity contribution >= 4 is 32.7 Å². The standard InChI is InChI=1S/C14H14BrNO2/c1-16-13(14(17)18)8-11-10-5-3-2-4-9(10)6-7-12(11)15/h2-7,13,16H,8H2,1H3,(H,17,18)/t13-/m0/s1. The molecule has 0 saturated heterocycles. The van der Waals surface area contributed by atoms with Crippen molar-refractivity contribution in [3.8, 4) is 0 Å². The first kappa shape index (κ1) is 13.1. The largest absolute Gasteiger partial charge is 0.480 e. The minimum atomic E-state index is -0.836. The number of nitrogens with one attached hydrogen (secondary N) is 1. The Morgan fingerprint density at radius 1 is 1.33 bits per heavy atom. The highest BCUT2D eigenvalue weighted by Crippen LogP contribution is 2.27. The molecule has 0 amide bonds. The summed E-state index contributed by atoms with van der Waals surface area (Å²) < 4.78 is 0.947. The molecule has 18 heavy (non-hydrogen) atoms. The average molecular weight is 308 g/mol. The van der Waals surface area contributed by atoms with E-state index in [1.165, 1.54) is 0 Å². The van der Waals surface area contributed by atoms with E-state index in [1.807, 2.05) is 36.4 Å². The van der Waals surface area contributed by atoms with Gasteiger partial charge < -0.3 is 10.4 Å². The Labute approximate surface area is 114 Å². The van der Waals surface area contributed by atoms with Gasteiger partial charge in [0.1, 0.15) is 6.04 Å². The normalized spacial score (nSPS) is 12.6. The van der Waals surface area contributed by atoms with Crippen molar-refractivity contribution in [2.45, 2.75) is 12.5 Å². The van der Waals surface area contributed by atoms with Crippen molar-refractivity contribution in [1.82, 2.24) is 5.32 Å². The molecule has 2 aromatic carbocycles. The van der Waals surface area contributed by atoms with Crippen LogP contribution in [0.15, 0.2) is 40.9 Å². The van der Waals surface area contributed by atoms with Crippen molar-refractivity contribution in [3.05, 3.63) is 46.4 Å². The van der Waals surface area contributed by atoms with E-state index >= 15 is 0 Å². The van der Waals surface area contributed by atoms with Crippen molar-refractivity contribution in [2.24, 2.45) is 0 Å². The van der Waals surface area contributed by atoms with Crippen LogP contribution < -0.4 is 5.32 Å². The fourth-order valence-electron chi connectivity index (χ4n) is 2.03. The smallest absolute Gasteiger partial charge is 0.321 e. The lowest BCUT2D eigenvalue weighted by atomic mass is 9.99. The van der Waals surface area contributed by atoms with E-state index in [1.54, 1.807) is 7.05 Å². The van der Waals surface area contributed by atoms with Crippen LogP contribution in [0.2, 0.25) is 0 Å². The quantitative estimate of drug-likeness (QED) is 0.913. The summed E-state index contributed by atoms with van der Waals surface area (Å²) in [7, 11) is 1.66. The fourth-order valence-corrected chi connectivity index (χ4v) is 2.54. The molecule has 0 unspecified atom stereocenters. The fraction of sp³-hybridized carbons (Fsp3) is 0.214. The van der Waals surface area contributed by atoms with Gasteiger partial charge in [0.25, 0.3) is 0 Å². The first-order valence-electron chi connectivity index (χ1n) is 5.69. The number of rotatable bonds is 4. The molecule has 1 atom stereocenters. The molecule has 2 aromatic rings. The van der Waals surface area contributed by atoms with Crippen LogP contribution in [0.3, 0.4) is 0 Å². The molecular weight excluding hydrogens is 294 g/mol. The van der Waals surface area contributed by atoms with Gasteiger partial charge in [0.2, 0.25) is 0 Å². The lowest BCUT2D eigenvalue weighted by Crippen LogP contribution is -2.35. The zero-order valence-electron chi connectivity index (χ0n) is 9.98. The molecule has 0 aliphatic heterocycles. The number of aliphatic carboxylic acids is 1. The topological polar surface area (TPSA) is 49.3 Å². The molecular formula is C14H14BrNO2. The number of halogens is 1. The lowest BCUT2D eigenvalue weighted by molar-refractivity contribution is -0.139. The summed E-state index contributed by atoms with van der Waals surface area (Å²) in [5.74, 6) is -0.836. The van der Waals surface area contributed by atoms with E-state index in [9.17, 15) is 4.79 Å². The summed E-state index contributed by atoms with van der Waals surface area (Å²) in [6.45, 7) is 0. The molecule has 0 bridgehead atoms. The SMILES string of the molecule is CN[C@@H](Cc1c(Br)ccc2ccccc12)C(=O)O. The van der Waals surface area contributed by atoms with Gasteiger partial charge in [-0.25, -0.2) is 0 Å². The predicted octanol–water partition coefficient (Wildman–Crippen LogP) is 2.82. The third-order valence-electron chi connectivity index (χ3n) is 3.04. The van der Waals surface area contributed by atoms with E-state index in [0.717, 1.165) is 20.8 Å². The Balaban J connectivity index is 2.49. The highest BCUT2D eigenvalue weighted by Gasteiger charge is 2.18. The number of carboxylic acids is 1. The van der Waals surface area contributed by atoms with E-state index in [2.05, 4.69) is 21.2 Å². The van der Waals surface area contributed by atoms with Gasteiger partial charge in [0.15, 0.2) is 0 Å². The Morgan fingerprint density at radius 3 is 2.72 bits per heavy atom. The maximum atomic E-state index is 11.1. The molecule has 2 N–H and O–H groups in total. The second kappa shape index (κ2) is 5.50. The molecule has 2 rings (SSSR count). The van der Waals surface area contributed by atoms with E-state index < -0.39 is 12.0 Å². The second-order valence-corrected chi connectivity index (χ2v) is 4.99. The maximum absolute atomic E-state index is 11.1. The summed E-state index contributed by atoms with van der Waals surface area (Å²) in [5, 5.41) is 14.2. The zero-order chi connectivity index (χ0) is 13.1. The van der Waals surface area contributed by atoms with E-state index in [-0.39, 0.29) is 0 Å². The number of hydrogen-bond donors (Lipinski definition) is 2. The monoisotopic (exact) mass is 307 g/mol. The second-order valence-electron chi connectivity index (χ2n) is 4.13. The molecule has 3 nitrogen and oxygen atoms in total. The van der Waals surface area contributed by atoms with Crippen molar-refractivity contribution < 1.29 is 9.90 Å². The van der Waals surface area contributed by atoms with Crippen molar-refractivity contribution in [3.63, 3.8) is 0 Å². The molecule has 4 heteroatoms. The van der Waals surface area contributed by atoms with Gasteiger partial charge in [-0.3, -0.25) is 4.79 Å². The number of benzene rings is 2. The molecule has 0 aromatic heterocycles. The average Bonchev–Trinajstić information content (AvgIpc) is 2.37. The van der Waals surface area contributed by atoms with Gasteiger partial charge in [0.05, 0.1) is 0 Å². The van der Waals surface area contributed by atoms with Crippen LogP contribution in [-0.4, -0.2) is 24.2 Å². The van der Waals surface area contributed by atoms with Gasteiger partial charge in [-0.2, -0.15) is 0 Å². The number of carboxylic acid groups (broad SMARTS) is 1. The Bertz CT molecular complexity index is 583. The minimum Gasteiger partial charge on any atom is -0.480 e. The van der Waals surface area contributed by atoms with Crippen LogP contribution in [0.5, 0.6) is 0 Å². The zero-order valence-corrected chi connectivity index (χ0v) is 11.6. The van der Waals surface area contributed by atoms with Crippen LogP contribution in [0.1, 0.15) is 5.56 Å². The van der Waals surface area contributed by atoms with Crippen molar-refractivity contribution in [2.75, 3.05) is 7.05 Å². The third kappa shape index (κ3) is 2.54. The summed E-state index contributed by atoms with van der Waals surface area (Å²) in [5.41, 5.74) is 1.02. The maximum Gasteiger partial charge on any atom is 0.321 e. The molecule has 0 saturated carbocycles. The number of likely N-dealkylation sites (N-methyl/N-ethyl adjacent to an activating group) is 1. The third-order valence-corrected chi connectivity index (χ3v) is 3.78. The van der Waals surface area contributed by atoms with E-state index in [4.69, 9.17) is 5.11 Å². The van der Waals surface area contributed by atoms with Crippen molar-refractivity contribution in [1.29, 1.82) is 0 Å². The summed E-state index contributed by atoms with van der Waals surface area (Å²) >= 11 is 3.50. The molecule has 94 valence electrons. The van der Waals surface area contributed by atoms with Crippen LogP contribution in [0.4, 0.5) is 0 Å². The lowest BCUT2D eigenvalue weighted by Gasteiger charge is -2.14. The Morgan fingerprint density at radius 2 is 2.06 bits per heavy atom. The molecule has 0 fully saturated rings. The predicted molar refractivity (Wildman–Crippen MR) is 75.8 cm³/mol. The minimum absolute atomic E-state index is 0.452.